The zero-order chi connectivity index (χ0) is 21.4. The van der Waals surface area contributed by atoms with Crippen molar-refractivity contribution in [3.8, 4) is 0 Å². The van der Waals surface area contributed by atoms with E-state index in [2.05, 4.69) is 15.2 Å². The smallest absolute Gasteiger partial charge is 0.343 e. The average Bonchev–Trinajstić information content (AvgIpc) is 2.98. The Morgan fingerprint density at radius 1 is 1.17 bits per heavy atom. The first-order chi connectivity index (χ1) is 13.8. The summed E-state index contributed by atoms with van der Waals surface area (Å²) in [5.74, 6) is -1.53. The van der Waals surface area contributed by atoms with Gasteiger partial charge in [-0.05, 0) is 25.8 Å². The summed E-state index contributed by atoms with van der Waals surface area (Å²) in [5.41, 5.74) is 2.69. The van der Waals surface area contributed by atoms with Crippen molar-refractivity contribution >= 4 is 29.4 Å². The number of halogens is 1. The average molecular weight is 422 g/mol. The fourth-order valence-electron chi connectivity index (χ4n) is 2.57. The number of hydrogen-bond acceptors (Lipinski definition) is 6. The van der Waals surface area contributed by atoms with Gasteiger partial charge in [0.15, 0.2) is 6.61 Å². The monoisotopic (exact) mass is 421 g/mol. The Morgan fingerprint density at radius 2 is 1.86 bits per heavy atom. The number of methoxy groups -OCH3 is 1. The molecular formula is C20H24ClN3O5. The van der Waals surface area contributed by atoms with E-state index in [1.807, 2.05) is 31.2 Å². The summed E-state index contributed by atoms with van der Waals surface area (Å²) in [4.78, 5) is 35.1. The summed E-state index contributed by atoms with van der Waals surface area (Å²) < 4.78 is 11.1. The molecule has 1 aromatic carbocycles. The Morgan fingerprint density at radius 3 is 2.52 bits per heavy atom. The second kappa shape index (κ2) is 10.6. The number of esters is 2. The van der Waals surface area contributed by atoms with Crippen molar-refractivity contribution in [1.29, 1.82) is 0 Å². The number of aryl methyl sites for hydroxylation is 2. The summed E-state index contributed by atoms with van der Waals surface area (Å²) in [5, 5.41) is 7.02. The van der Waals surface area contributed by atoms with Crippen LogP contribution in [0.15, 0.2) is 24.3 Å². The maximum absolute atomic E-state index is 12.4. The Hall–Kier alpha value is -2.87. The van der Waals surface area contributed by atoms with E-state index in [4.69, 9.17) is 16.3 Å². The number of carbonyl (C=O) groups is 3. The summed E-state index contributed by atoms with van der Waals surface area (Å²) in [6, 6.07) is 7.90. The van der Waals surface area contributed by atoms with Crippen molar-refractivity contribution in [1.82, 2.24) is 15.1 Å². The molecule has 0 saturated heterocycles. The van der Waals surface area contributed by atoms with Gasteiger partial charge < -0.3 is 14.8 Å². The largest absolute Gasteiger partial charge is 0.469 e. The van der Waals surface area contributed by atoms with Crippen LogP contribution in [0.5, 0.6) is 0 Å². The lowest BCUT2D eigenvalue weighted by molar-refractivity contribution is -0.140. The summed E-state index contributed by atoms with van der Waals surface area (Å²) >= 11 is 6.32. The van der Waals surface area contributed by atoms with Gasteiger partial charge in [-0.2, -0.15) is 5.10 Å². The molecular weight excluding hydrogens is 398 g/mol. The van der Waals surface area contributed by atoms with E-state index in [-0.39, 0.29) is 29.7 Å². The third-order valence-corrected chi connectivity index (χ3v) is 4.55. The van der Waals surface area contributed by atoms with Crippen LogP contribution in [0.4, 0.5) is 0 Å². The molecule has 0 fully saturated rings. The number of aromatic nitrogens is 2. The maximum Gasteiger partial charge on any atom is 0.343 e. The van der Waals surface area contributed by atoms with E-state index >= 15 is 0 Å². The number of carbonyl (C=O) groups excluding carboxylic acids is 3. The molecule has 2 aromatic rings. The first-order valence-corrected chi connectivity index (χ1v) is 9.48. The normalized spacial score (nSPS) is 10.5. The third-order valence-electron chi connectivity index (χ3n) is 4.16. The van der Waals surface area contributed by atoms with Gasteiger partial charge in [-0.25, -0.2) is 9.48 Å². The highest BCUT2D eigenvalue weighted by Crippen LogP contribution is 2.22. The molecule has 1 amide bonds. The van der Waals surface area contributed by atoms with Crippen LogP contribution in [0, 0.1) is 13.8 Å². The number of hydrogen-bond donors (Lipinski definition) is 1. The van der Waals surface area contributed by atoms with Gasteiger partial charge in [-0.15, -0.1) is 0 Å². The SMILES string of the molecule is COC(=O)CCCNC(=O)COC(=O)c1c(C)nn(Cc2ccc(C)cc2)c1Cl. The van der Waals surface area contributed by atoms with E-state index in [0.717, 1.165) is 11.1 Å². The molecule has 0 aliphatic heterocycles. The number of amides is 1. The van der Waals surface area contributed by atoms with Crippen LogP contribution in [0.25, 0.3) is 0 Å². The van der Waals surface area contributed by atoms with Crippen LogP contribution in [-0.2, 0) is 25.6 Å². The van der Waals surface area contributed by atoms with Crippen LogP contribution >= 0.6 is 11.6 Å². The molecule has 0 unspecified atom stereocenters. The molecule has 29 heavy (non-hydrogen) atoms. The molecule has 0 radical (unpaired) electrons. The van der Waals surface area contributed by atoms with Crippen molar-refractivity contribution in [3.63, 3.8) is 0 Å². The standard InChI is InChI=1S/C20H24ClN3O5/c1-13-6-8-15(9-7-13)11-24-19(21)18(14(2)23-24)20(27)29-12-16(25)22-10-4-5-17(26)28-3/h6-9H,4-5,10-12H2,1-3H3,(H,22,25). The van der Waals surface area contributed by atoms with Crippen molar-refractivity contribution < 1.29 is 23.9 Å². The highest BCUT2D eigenvalue weighted by atomic mass is 35.5. The number of benzene rings is 1. The minimum absolute atomic E-state index is 0.136. The lowest BCUT2D eigenvalue weighted by Gasteiger charge is -2.07. The lowest BCUT2D eigenvalue weighted by atomic mass is 10.1. The van der Waals surface area contributed by atoms with Gasteiger partial charge in [-0.3, -0.25) is 9.59 Å². The van der Waals surface area contributed by atoms with Gasteiger partial charge in [0.05, 0.1) is 19.3 Å². The second-order valence-corrected chi connectivity index (χ2v) is 6.86. The van der Waals surface area contributed by atoms with Crippen molar-refractivity contribution in [3.05, 3.63) is 51.8 Å². The Labute approximate surface area is 174 Å². The van der Waals surface area contributed by atoms with E-state index in [0.29, 0.717) is 18.7 Å². The Kier molecular flexibility index (Phi) is 8.21. The van der Waals surface area contributed by atoms with Crippen LogP contribution in [0.3, 0.4) is 0 Å². The highest BCUT2D eigenvalue weighted by molar-refractivity contribution is 6.32. The minimum Gasteiger partial charge on any atom is -0.469 e. The van der Waals surface area contributed by atoms with Gasteiger partial charge >= 0.3 is 11.9 Å². The number of nitrogens with zero attached hydrogens (tertiary/aromatic N) is 2. The highest BCUT2D eigenvalue weighted by Gasteiger charge is 2.22. The quantitative estimate of drug-likeness (QED) is 0.493. The van der Waals surface area contributed by atoms with Crippen LogP contribution in [0.2, 0.25) is 5.15 Å². The van der Waals surface area contributed by atoms with E-state index in [9.17, 15) is 14.4 Å². The molecule has 8 nitrogen and oxygen atoms in total. The lowest BCUT2D eigenvalue weighted by Crippen LogP contribution is -2.30. The molecule has 1 N–H and O–H groups in total. The summed E-state index contributed by atoms with van der Waals surface area (Å²) in [6.07, 6.45) is 0.634. The fourth-order valence-corrected chi connectivity index (χ4v) is 2.88. The molecule has 2 rings (SSSR count). The Bertz CT molecular complexity index is 877. The first-order valence-electron chi connectivity index (χ1n) is 9.11. The number of nitrogens with one attached hydrogen (secondary N) is 1. The van der Waals surface area contributed by atoms with Crippen molar-refractivity contribution in [2.75, 3.05) is 20.3 Å². The fraction of sp³-hybridized carbons (Fsp3) is 0.400. The van der Waals surface area contributed by atoms with Gasteiger partial charge in [0, 0.05) is 13.0 Å². The molecule has 1 heterocycles. The molecule has 0 bridgehead atoms. The predicted octanol–water partition coefficient (Wildman–Crippen LogP) is 2.43. The van der Waals surface area contributed by atoms with Gasteiger partial charge in [0.2, 0.25) is 0 Å². The van der Waals surface area contributed by atoms with E-state index in [1.165, 1.54) is 11.8 Å². The predicted molar refractivity (Wildman–Crippen MR) is 107 cm³/mol. The van der Waals surface area contributed by atoms with Crippen LogP contribution < -0.4 is 5.32 Å². The maximum atomic E-state index is 12.4. The van der Waals surface area contributed by atoms with Gasteiger partial charge in [0.25, 0.3) is 5.91 Å². The van der Waals surface area contributed by atoms with Crippen molar-refractivity contribution in [2.45, 2.75) is 33.2 Å². The third kappa shape index (κ3) is 6.60. The molecule has 0 aliphatic carbocycles. The molecule has 0 atom stereocenters. The van der Waals surface area contributed by atoms with Gasteiger partial charge in [-0.1, -0.05) is 41.4 Å². The molecule has 9 heteroatoms. The molecule has 156 valence electrons. The molecule has 0 spiro atoms. The zero-order valence-corrected chi connectivity index (χ0v) is 17.4. The second-order valence-electron chi connectivity index (χ2n) is 6.50. The number of rotatable bonds is 9. The van der Waals surface area contributed by atoms with E-state index in [1.54, 1.807) is 6.92 Å². The van der Waals surface area contributed by atoms with Crippen LogP contribution in [-0.4, -0.2) is 47.9 Å². The topological polar surface area (TPSA) is 99.5 Å². The molecule has 1 aromatic heterocycles. The Balaban J connectivity index is 1.88. The van der Waals surface area contributed by atoms with Crippen molar-refractivity contribution in [2.24, 2.45) is 0 Å². The van der Waals surface area contributed by atoms with E-state index < -0.39 is 18.5 Å². The summed E-state index contributed by atoms with van der Waals surface area (Å²) in [7, 11) is 1.30. The number of ether oxygens (including phenoxy) is 2. The van der Waals surface area contributed by atoms with Gasteiger partial charge in [0.1, 0.15) is 10.7 Å². The van der Waals surface area contributed by atoms with Crippen LogP contribution in [0.1, 0.15) is 40.0 Å². The molecule has 0 aliphatic rings. The summed E-state index contributed by atoms with van der Waals surface area (Å²) in [6.45, 7) is 3.89. The molecule has 0 saturated carbocycles. The minimum atomic E-state index is -0.715. The first kappa shape index (κ1) is 22.4. The zero-order valence-electron chi connectivity index (χ0n) is 16.7.